The maximum absolute atomic E-state index is 12.3. The second-order valence-corrected chi connectivity index (χ2v) is 7.80. The van der Waals surface area contributed by atoms with Crippen molar-refractivity contribution in [3.8, 4) is 0 Å². The van der Waals surface area contributed by atoms with Crippen molar-refractivity contribution in [3.63, 3.8) is 0 Å². The third kappa shape index (κ3) is 3.00. The molecule has 2 amide bonds. The van der Waals surface area contributed by atoms with Crippen molar-refractivity contribution >= 4 is 51.6 Å². The van der Waals surface area contributed by atoms with E-state index in [1.807, 2.05) is 6.07 Å². The fourth-order valence-corrected chi connectivity index (χ4v) is 3.95. The molecule has 4 nitrogen and oxygen atoms in total. The fourth-order valence-electron chi connectivity index (χ4n) is 3.43. The lowest BCUT2D eigenvalue weighted by atomic mass is 9.90. The van der Waals surface area contributed by atoms with Crippen LogP contribution in [0.4, 0.5) is 16.2 Å². The average Bonchev–Trinajstić information content (AvgIpc) is 2.90. The second kappa shape index (κ2) is 6.54. The van der Waals surface area contributed by atoms with Gasteiger partial charge >= 0.3 is 6.03 Å². The van der Waals surface area contributed by atoms with Crippen LogP contribution in [0.2, 0.25) is 5.02 Å². The molecule has 1 radical (unpaired) electrons. The SMILES string of the molecule is O=C1[N]c2cc(Cl)ccc2N1N1CCC(c2ccc(I)cc2)CC1. The number of carbonyl (C=O) groups excluding carboxylic acids is 1. The summed E-state index contributed by atoms with van der Waals surface area (Å²) in [5.74, 6) is 0.553. The molecule has 0 bridgehead atoms. The molecule has 2 heterocycles. The molecule has 1 saturated heterocycles. The quantitative estimate of drug-likeness (QED) is 0.607. The van der Waals surface area contributed by atoms with Gasteiger partial charge in [0, 0.05) is 21.7 Å². The second-order valence-electron chi connectivity index (χ2n) is 6.12. The molecule has 0 unspecified atom stereocenters. The molecular weight excluding hydrogens is 437 g/mol. The van der Waals surface area contributed by atoms with Crippen LogP contribution in [0.1, 0.15) is 24.3 Å². The first-order valence-corrected chi connectivity index (χ1v) is 9.43. The summed E-state index contributed by atoms with van der Waals surface area (Å²) < 4.78 is 1.26. The van der Waals surface area contributed by atoms with Gasteiger partial charge in [-0.15, -0.1) is 0 Å². The highest BCUT2D eigenvalue weighted by Crippen LogP contribution is 2.38. The number of amides is 2. The molecule has 1 fully saturated rings. The van der Waals surface area contributed by atoms with Crippen molar-refractivity contribution in [2.75, 3.05) is 18.1 Å². The number of anilines is 1. The molecule has 2 aliphatic heterocycles. The average molecular weight is 453 g/mol. The molecule has 6 heteroatoms. The van der Waals surface area contributed by atoms with Crippen molar-refractivity contribution in [3.05, 3.63) is 56.6 Å². The Morgan fingerprint density at radius 3 is 2.50 bits per heavy atom. The van der Waals surface area contributed by atoms with Crippen molar-refractivity contribution in [2.45, 2.75) is 18.8 Å². The van der Waals surface area contributed by atoms with Crippen molar-refractivity contribution in [2.24, 2.45) is 0 Å². The molecule has 123 valence electrons. The van der Waals surface area contributed by atoms with Crippen LogP contribution in [0.15, 0.2) is 42.5 Å². The van der Waals surface area contributed by atoms with Crippen molar-refractivity contribution in [1.29, 1.82) is 0 Å². The predicted octanol–water partition coefficient (Wildman–Crippen LogP) is 4.92. The molecule has 2 aliphatic rings. The minimum atomic E-state index is -0.222. The van der Waals surface area contributed by atoms with Crippen LogP contribution >= 0.6 is 34.2 Å². The zero-order valence-corrected chi connectivity index (χ0v) is 15.9. The van der Waals surface area contributed by atoms with E-state index < -0.39 is 0 Å². The van der Waals surface area contributed by atoms with E-state index in [9.17, 15) is 4.79 Å². The minimum absolute atomic E-state index is 0.222. The molecule has 2 aromatic carbocycles. The summed E-state index contributed by atoms with van der Waals surface area (Å²) >= 11 is 8.33. The summed E-state index contributed by atoms with van der Waals surface area (Å²) in [5.41, 5.74) is 2.88. The van der Waals surface area contributed by atoms with E-state index in [4.69, 9.17) is 11.6 Å². The number of nitrogens with zero attached hydrogens (tertiary/aromatic N) is 3. The Morgan fingerprint density at radius 2 is 1.79 bits per heavy atom. The van der Waals surface area contributed by atoms with Crippen LogP contribution < -0.4 is 10.3 Å². The summed E-state index contributed by atoms with van der Waals surface area (Å²) in [6.45, 7) is 1.69. The molecule has 0 saturated carbocycles. The number of urea groups is 1. The zero-order valence-electron chi connectivity index (χ0n) is 13.0. The topological polar surface area (TPSA) is 37.7 Å². The number of piperidine rings is 1. The molecule has 0 spiro atoms. The van der Waals surface area contributed by atoms with E-state index in [1.165, 1.54) is 9.13 Å². The highest BCUT2D eigenvalue weighted by molar-refractivity contribution is 14.1. The molecule has 0 aliphatic carbocycles. The van der Waals surface area contributed by atoms with Crippen LogP contribution in [0.5, 0.6) is 0 Å². The number of rotatable bonds is 2. The van der Waals surface area contributed by atoms with E-state index in [1.54, 1.807) is 17.1 Å². The highest BCUT2D eigenvalue weighted by Gasteiger charge is 2.35. The normalized spacial score (nSPS) is 18.6. The number of halogens is 2. The van der Waals surface area contributed by atoms with Gasteiger partial charge in [-0.25, -0.2) is 14.8 Å². The summed E-state index contributed by atoms with van der Waals surface area (Å²) in [7, 11) is 0. The first kappa shape index (κ1) is 16.2. The molecule has 0 N–H and O–H groups in total. The predicted molar refractivity (Wildman–Crippen MR) is 104 cm³/mol. The third-order valence-electron chi connectivity index (χ3n) is 4.66. The number of hydrazine groups is 1. The standard InChI is InChI=1S/C18H16ClIN3O/c19-14-3-6-17-16(11-14)21-18(24)23(17)22-9-7-13(8-10-22)12-1-4-15(20)5-2-12/h1-6,11,13H,7-10H2. The Morgan fingerprint density at radius 1 is 1.08 bits per heavy atom. The van der Waals surface area contributed by atoms with Gasteiger partial charge in [0.05, 0.1) is 11.4 Å². The Bertz CT molecular complexity index is 772. The number of hydrogen-bond donors (Lipinski definition) is 0. The molecule has 4 rings (SSSR count). The Kier molecular flexibility index (Phi) is 4.40. The van der Waals surface area contributed by atoms with E-state index in [0.29, 0.717) is 16.6 Å². The van der Waals surface area contributed by atoms with Crippen LogP contribution in [0, 0.1) is 3.57 Å². The van der Waals surface area contributed by atoms with Gasteiger partial charge in [0.15, 0.2) is 0 Å². The lowest BCUT2D eigenvalue weighted by molar-refractivity contribution is 0.188. The Hall–Kier alpha value is -1.31. The molecule has 0 atom stereocenters. The lowest BCUT2D eigenvalue weighted by Gasteiger charge is -2.37. The van der Waals surface area contributed by atoms with Crippen LogP contribution in [0.3, 0.4) is 0 Å². The largest absolute Gasteiger partial charge is 0.363 e. The van der Waals surface area contributed by atoms with Crippen molar-refractivity contribution < 1.29 is 4.79 Å². The monoisotopic (exact) mass is 452 g/mol. The lowest BCUT2D eigenvalue weighted by Crippen LogP contribution is -2.49. The summed E-state index contributed by atoms with van der Waals surface area (Å²) in [6.07, 6.45) is 2.07. The van der Waals surface area contributed by atoms with E-state index in [2.05, 4.69) is 57.2 Å². The van der Waals surface area contributed by atoms with Gasteiger partial charge in [-0.05, 0) is 77.2 Å². The van der Waals surface area contributed by atoms with Crippen LogP contribution in [-0.4, -0.2) is 24.1 Å². The number of benzene rings is 2. The van der Waals surface area contributed by atoms with Crippen molar-refractivity contribution in [1.82, 2.24) is 10.3 Å². The maximum atomic E-state index is 12.3. The van der Waals surface area contributed by atoms with Gasteiger partial charge in [-0.3, -0.25) is 0 Å². The van der Waals surface area contributed by atoms with Gasteiger partial charge < -0.3 is 0 Å². The molecule has 2 aromatic rings. The van der Waals surface area contributed by atoms with E-state index >= 15 is 0 Å². The summed E-state index contributed by atoms with van der Waals surface area (Å²) in [6, 6.07) is 14.0. The van der Waals surface area contributed by atoms with Gasteiger partial charge in [-0.2, -0.15) is 5.32 Å². The van der Waals surface area contributed by atoms with Gasteiger partial charge in [0.1, 0.15) is 0 Å². The Labute approximate surface area is 159 Å². The Balaban J connectivity index is 1.48. The first-order chi connectivity index (χ1) is 11.6. The number of carbonyl (C=O) groups is 1. The smallest absolute Gasteiger partial charge is 0.244 e. The van der Waals surface area contributed by atoms with E-state index in [0.717, 1.165) is 31.6 Å². The van der Waals surface area contributed by atoms with Crippen LogP contribution in [0.25, 0.3) is 0 Å². The molecule has 24 heavy (non-hydrogen) atoms. The third-order valence-corrected chi connectivity index (χ3v) is 5.61. The van der Waals surface area contributed by atoms with E-state index in [-0.39, 0.29) is 6.03 Å². The highest BCUT2D eigenvalue weighted by atomic mass is 127. The van der Waals surface area contributed by atoms with Gasteiger partial charge in [-0.1, -0.05) is 23.7 Å². The summed E-state index contributed by atoms with van der Waals surface area (Å²) in [4.78, 5) is 12.3. The number of hydrogen-bond acceptors (Lipinski definition) is 2. The van der Waals surface area contributed by atoms with Gasteiger partial charge in [0.2, 0.25) is 0 Å². The number of fused-ring (bicyclic) bond motifs is 1. The minimum Gasteiger partial charge on any atom is -0.244 e. The van der Waals surface area contributed by atoms with Crippen LogP contribution in [-0.2, 0) is 0 Å². The molecule has 0 aromatic heterocycles. The zero-order chi connectivity index (χ0) is 16.7. The van der Waals surface area contributed by atoms with Gasteiger partial charge in [0.25, 0.3) is 0 Å². The molecular formula is C18H16ClIN3O. The summed E-state index contributed by atoms with van der Waals surface area (Å²) in [5, 5.41) is 8.53. The maximum Gasteiger partial charge on any atom is 0.363 e. The first-order valence-electron chi connectivity index (χ1n) is 7.97. The fraction of sp³-hybridized carbons (Fsp3) is 0.278.